The molecule has 0 rings (SSSR count). The molecule has 4 heteroatoms. The van der Waals surface area contributed by atoms with Crippen molar-refractivity contribution in [3.8, 4) is 0 Å². The summed E-state index contributed by atoms with van der Waals surface area (Å²) in [6.07, 6.45) is 0. The van der Waals surface area contributed by atoms with E-state index < -0.39 is 6.04 Å². The fourth-order valence-corrected chi connectivity index (χ4v) is 1.06. The number of methoxy groups -OCH3 is 1. The highest BCUT2D eigenvalue weighted by Gasteiger charge is 2.22. The number of hydrogen-bond donors (Lipinski definition) is 1. The molecule has 0 spiro atoms. The molecule has 0 amide bonds. The van der Waals surface area contributed by atoms with Gasteiger partial charge >= 0.3 is 5.97 Å². The zero-order chi connectivity index (χ0) is 12.1. The quantitative estimate of drug-likeness (QED) is 0.706. The molecule has 0 aliphatic carbocycles. The Kier molecular flexibility index (Phi) is 5.83. The Morgan fingerprint density at radius 1 is 1.33 bits per heavy atom. The van der Waals surface area contributed by atoms with Crippen molar-refractivity contribution in [3.63, 3.8) is 0 Å². The van der Waals surface area contributed by atoms with Crippen LogP contribution in [-0.4, -0.2) is 37.4 Å². The summed E-state index contributed by atoms with van der Waals surface area (Å²) in [7, 11) is 1.38. The van der Waals surface area contributed by atoms with Gasteiger partial charge in [0, 0.05) is 6.04 Å². The smallest absolute Gasteiger partial charge is 0.325 e. The van der Waals surface area contributed by atoms with Crippen LogP contribution >= 0.6 is 0 Å². The van der Waals surface area contributed by atoms with Gasteiger partial charge in [-0.1, -0.05) is 13.8 Å². The van der Waals surface area contributed by atoms with Gasteiger partial charge in [0.25, 0.3) is 0 Å². The third kappa shape index (κ3) is 7.33. The molecular formula is C11H23NO3. The van der Waals surface area contributed by atoms with Gasteiger partial charge in [-0.3, -0.25) is 4.79 Å². The molecule has 1 atom stereocenters. The van der Waals surface area contributed by atoms with Gasteiger partial charge in [-0.2, -0.15) is 0 Å². The second kappa shape index (κ2) is 6.08. The molecule has 0 bridgehead atoms. The molecule has 0 saturated heterocycles. The predicted molar refractivity (Wildman–Crippen MR) is 59.8 cm³/mol. The summed E-state index contributed by atoms with van der Waals surface area (Å²) in [5, 5.41) is 3.10. The van der Waals surface area contributed by atoms with E-state index in [1.54, 1.807) is 0 Å². The third-order valence-corrected chi connectivity index (χ3v) is 1.70. The molecule has 0 saturated carbocycles. The maximum Gasteiger partial charge on any atom is 0.325 e. The second-order valence-electron chi connectivity index (χ2n) is 4.82. The van der Waals surface area contributed by atoms with Crippen molar-refractivity contribution in [2.24, 2.45) is 0 Å². The molecule has 4 nitrogen and oxygen atoms in total. The standard InChI is InChI=1S/C11H23NO3/c1-8(2)12-9(10(13)14-6)7-15-11(3,4)5/h8-9,12H,7H2,1-6H3. The molecule has 15 heavy (non-hydrogen) atoms. The Balaban J connectivity index is 4.19. The Bertz CT molecular complexity index is 196. The van der Waals surface area contributed by atoms with E-state index in [1.165, 1.54) is 7.11 Å². The highest BCUT2D eigenvalue weighted by atomic mass is 16.5. The topological polar surface area (TPSA) is 47.6 Å². The summed E-state index contributed by atoms with van der Waals surface area (Å²) in [4.78, 5) is 11.4. The van der Waals surface area contributed by atoms with Crippen LogP contribution in [0.1, 0.15) is 34.6 Å². The lowest BCUT2D eigenvalue weighted by molar-refractivity contribution is -0.146. The number of esters is 1. The Morgan fingerprint density at radius 3 is 2.20 bits per heavy atom. The summed E-state index contributed by atoms with van der Waals surface area (Å²) in [6, 6.07) is -0.174. The van der Waals surface area contributed by atoms with E-state index in [9.17, 15) is 4.79 Å². The summed E-state index contributed by atoms with van der Waals surface area (Å²) >= 11 is 0. The second-order valence-corrected chi connectivity index (χ2v) is 4.82. The first-order chi connectivity index (χ1) is 6.76. The number of ether oxygens (including phenoxy) is 2. The van der Waals surface area contributed by atoms with E-state index >= 15 is 0 Å². The van der Waals surface area contributed by atoms with Gasteiger partial charge in [0.05, 0.1) is 19.3 Å². The van der Waals surface area contributed by atoms with Gasteiger partial charge in [0.15, 0.2) is 0 Å². The largest absolute Gasteiger partial charge is 0.468 e. The monoisotopic (exact) mass is 217 g/mol. The summed E-state index contributed by atoms with van der Waals surface area (Å²) < 4.78 is 10.2. The molecule has 1 unspecified atom stereocenters. The molecule has 90 valence electrons. The van der Waals surface area contributed by atoms with Crippen LogP contribution in [0.25, 0.3) is 0 Å². The number of carbonyl (C=O) groups is 1. The number of rotatable bonds is 5. The van der Waals surface area contributed by atoms with Gasteiger partial charge in [0.1, 0.15) is 6.04 Å². The highest BCUT2D eigenvalue weighted by molar-refractivity contribution is 5.75. The van der Waals surface area contributed by atoms with E-state index in [1.807, 2.05) is 34.6 Å². The van der Waals surface area contributed by atoms with Gasteiger partial charge in [-0.05, 0) is 20.8 Å². The maximum absolute atomic E-state index is 11.4. The SMILES string of the molecule is COC(=O)C(COC(C)(C)C)NC(C)C. The average molecular weight is 217 g/mol. The van der Waals surface area contributed by atoms with Gasteiger partial charge < -0.3 is 14.8 Å². The highest BCUT2D eigenvalue weighted by Crippen LogP contribution is 2.07. The van der Waals surface area contributed by atoms with Crippen molar-refractivity contribution >= 4 is 5.97 Å². The molecule has 0 heterocycles. The van der Waals surface area contributed by atoms with Crippen molar-refractivity contribution < 1.29 is 14.3 Å². The van der Waals surface area contributed by atoms with Crippen LogP contribution in [0.3, 0.4) is 0 Å². The lowest BCUT2D eigenvalue weighted by Gasteiger charge is -2.25. The van der Waals surface area contributed by atoms with E-state index in [2.05, 4.69) is 5.32 Å². The fraction of sp³-hybridized carbons (Fsp3) is 0.909. The summed E-state index contributed by atoms with van der Waals surface area (Å²) in [6.45, 7) is 10.2. The first-order valence-corrected chi connectivity index (χ1v) is 5.24. The van der Waals surface area contributed by atoms with Crippen molar-refractivity contribution in [2.75, 3.05) is 13.7 Å². The van der Waals surface area contributed by atoms with E-state index in [0.29, 0.717) is 6.61 Å². The molecule has 0 aliphatic heterocycles. The Labute approximate surface area is 92.3 Å². The molecule has 0 aromatic carbocycles. The normalized spacial score (nSPS) is 14.1. The molecule has 0 fully saturated rings. The zero-order valence-electron chi connectivity index (χ0n) is 10.6. The van der Waals surface area contributed by atoms with E-state index in [4.69, 9.17) is 9.47 Å². The van der Waals surface area contributed by atoms with Crippen LogP contribution in [0.2, 0.25) is 0 Å². The van der Waals surface area contributed by atoms with Crippen molar-refractivity contribution in [2.45, 2.75) is 52.3 Å². The van der Waals surface area contributed by atoms with Crippen molar-refractivity contribution in [1.29, 1.82) is 0 Å². The lowest BCUT2D eigenvalue weighted by Crippen LogP contribution is -2.46. The third-order valence-electron chi connectivity index (χ3n) is 1.70. The van der Waals surface area contributed by atoms with Crippen molar-refractivity contribution in [3.05, 3.63) is 0 Å². The Hall–Kier alpha value is -0.610. The van der Waals surface area contributed by atoms with Crippen LogP contribution in [0.5, 0.6) is 0 Å². The van der Waals surface area contributed by atoms with E-state index in [-0.39, 0.29) is 17.6 Å². The molecule has 0 radical (unpaired) electrons. The van der Waals surface area contributed by atoms with E-state index in [0.717, 1.165) is 0 Å². The maximum atomic E-state index is 11.4. The number of carbonyl (C=O) groups excluding carboxylic acids is 1. The minimum Gasteiger partial charge on any atom is -0.468 e. The fourth-order valence-electron chi connectivity index (χ4n) is 1.06. The number of hydrogen-bond acceptors (Lipinski definition) is 4. The van der Waals surface area contributed by atoms with Crippen LogP contribution in [-0.2, 0) is 14.3 Å². The minimum absolute atomic E-state index is 0.220. The molecule has 1 N–H and O–H groups in total. The van der Waals surface area contributed by atoms with Gasteiger partial charge in [-0.15, -0.1) is 0 Å². The van der Waals surface area contributed by atoms with Crippen LogP contribution in [0, 0.1) is 0 Å². The first-order valence-electron chi connectivity index (χ1n) is 5.24. The van der Waals surface area contributed by atoms with Crippen molar-refractivity contribution in [1.82, 2.24) is 5.32 Å². The molecule has 0 aromatic rings. The summed E-state index contributed by atoms with van der Waals surface area (Å²) in [5.41, 5.74) is -0.245. The predicted octanol–water partition coefficient (Wildman–Crippen LogP) is 1.34. The first kappa shape index (κ1) is 14.4. The Morgan fingerprint density at radius 2 is 1.87 bits per heavy atom. The van der Waals surface area contributed by atoms with Gasteiger partial charge in [0.2, 0.25) is 0 Å². The molecular weight excluding hydrogens is 194 g/mol. The van der Waals surface area contributed by atoms with Crippen LogP contribution < -0.4 is 5.32 Å². The van der Waals surface area contributed by atoms with Crippen LogP contribution in [0.4, 0.5) is 0 Å². The number of nitrogens with one attached hydrogen (secondary N) is 1. The molecule has 0 aromatic heterocycles. The summed E-state index contributed by atoms with van der Waals surface area (Å²) in [5.74, 6) is -0.284. The van der Waals surface area contributed by atoms with Crippen LogP contribution in [0.15, 0.2) is 0 Å². The zero-order valence-corrected chi connectivity index (χ0v) is 10.6. The minimum atomic E-state index is -0.394. The molecule has 0 aliphatic rings. The lowest BCUT2D eigenvalue weighted by atomic mass is 10.2. The average Bonchev–Trinajstić information content (AvgIpc) is 2.09. The van der Waals surface area contributed by atoms with Gasteiger partial charge in [-0.25, -0.2) is 0 Å².